The minimum absolute atomic E-state index is 0.0116. The van der Waals surface area contributed by atoms with Gasteiger partial charge in [-0.05, 0) is 44.0 Å². The molecule has 2 aromatic rings. The smallest absolute Gasteiger partial charge is 0.241 e. The molecule has 1 fully saturated rings. The fraction of sp³-hybridized carbons (Fsp3) is 0.368. The Hall–Kier alpha value is -2.60. The Bertz CT molecular complexity index is 769. The van der Waals surface area contributed by atoms with Gasteiger partial charge in [0.1, 0.15) is 5.75 Å². The number of aromatic nitrogens is 2. The first kappa shape index (κ1) is 17.2. The Morgan fingerprint density at radius 3 is 3.08 bits per heavy atom. The normalized spacial score (nSPS) is 17.4. The number of hydrogen-bond donors (Lipinski definition) is 1. The van der Waals surface area contributed by atoms with Gasteiger partial charge in [-0.25, -0.2) is 4.68 Å². The average Bonchev–Trinajstić information content (AvgIpc) is 3.24. The van der Waals surface area contributed by atoms with Crippen LogP contribution in [0.5, 0.6) is 5.75 Å². The summed E-state index contributed by atoms with van der Waals surface area (Å²) in [6.45, 7) is 7.30. The summed E-state index contributed by atoms with van der Waals surface area (Å²) in [7, 11) is 1.61. The maximum absolute atomic E-state index is 12.8. The minimum Gasteiger partial charge on any atom is -0.495 e. The summed E-state index contributed by atoms with van der Waals surface area (Å²) in [6, 6.07) is 5.64. The van der Waals surface area contributed by atoms with E-state index in [2.05, 4.69) is 21.9 Å². The molecule has 0 aliphatic carbocycles. The molecule has 0 spiro atoms. The Labute approximate surface area is 148 Å². The summed E-state index contributed by atoms with van der Waals surface area (Å²) in [5.74, 6) is 0.688. The van der Waals surface area contributed by atoms with Crippen LogP contribution in [0, 0.1) is 6.92 Å². The molecule has 0 radical (unpaired) electrons. The molecular weight excluding hydrogens is 316 g/mol. The maximum Gasteiger partial charge on any atom is 0.241 e. The van der Waals surface area contributed by atoms with Crippen molar-refractivity contribution in [3.8, 4) is 5.75 Å². The fourth-order valence-corrected chi connectivity index (χ4v) is 3.24. The molecule has 1 saturated heterocycles. The van der Waals surface area contributed by atoms with Crippen molar-refractivity contribution in [2.24, 2.45) is 0 Å². The molecule has 1 atom stereocenters. The number of nitrogens with one attached hydrogen (secondary N) is 1. The summed E-state index contributed by atoms with van der Waals surface area (Å²) < 4.78 is 7.03. The SMILES string of the molecule is C=Cn1cc(CN2CCC[C@@H]2C(=O)Nc2cc(C)ccc2OC)cn1. The van der Waals surface area contributed by atoms with Gasteiger partial charge in [0, 0.05) is 24.5 Å². The molecule has 1 amide bonds. The molecule has 2 heterocycles. The number of hydrogen-bond acceptors (Lipinski definition) is 4. The van der Waals surface area contributed by atoms with E-state index in [1.165, 1.54) is 0 Å². The van der Waals surface area contributed by atoms with Crippen LogP contribution in [0.25, 0.3) is 6.20 Å². The molecular formula is C19H24N4O2. The summed E-state index contributed by atoms with van der Waals surface area (Å²) in [6.07, 6.45) is 7.28. The van der Waals surface area contributed by atoms with Crippen molar-refractivity contribution in [2.75, 3.05) is 19.0 Å². The Morgan fingerprint density at radius 1 is 1.52 bits per heavy atom. The number of aryl methyl sites for hydroxylation is 1. The van der Waals surface area contributed by atoms with Gasteiger partial charge < -0.3 is 10.1 Å². The molecule has 1 aromatic carbocycles. The number of carbonyl (C=O) groups is 1. The van der Waals surface area contributed by atoms with Crippen LogP contribution in [0.4, 0.5) is 5.69 Å². The average molecular weight is 340 g/mol. The Morgan fingerprint density at radius 2 is 2.36 bits per heavy atom. The predicted molar refractivity (Wildman–Crippen MR) is 98.4 cm³/mol. The van der Waals surface area contributed by atoms with Crippen LogP contribution >= 0.6 is 0 Å². The highest BCUT2D eigenvalue weighted by molar-refractivity contribution is 5.96. The topological polar surface area (TPSA) is 59.4 Å². The lowest BCUT2D eigenvalue weighted by molar-refractivity contribution is -0.120. The van der Waals surface area contributed by atoms with Gasteiger partial charge >= 0.3 is 0 Å². The van der Waals surface area contributed by atoms with Gasteiger partial charge in [-0.2, -0.15) is 5.10 Å². The van der Waals surface area contributed by atoms with Crippen LogP contribution in [0.2, 0.25) is 0 Å². The quantitative estimate of drug-likeness (QED) is 0.878. The Kier molecular flexibility index (Phi) is 5.19. The van der Waals surface area contributed by atoms with Crippen LogP contribution in [0.3, 0.4) is 0 Å². The molecule has 1 aliphatic rings. The van der Waals surface area contributed by atoms with Crippen molar-refractivity contribution < 1.29 is 9.53 Å². The van der Waals surface area contributed by atoms with Crippen LogP contribution in [0.15, 0.2) is 37.2 Å². The number of benzene rings is 1. The molecule has 6 heteroatoms. The third-order valence-electron chi connectivity index (χ3n) is 4.51. The third kappa shape index (κ3) is 3.91. The van der Waals surface area contributed by atoms with E-state index in [9.17, 15) is 4.79 Å². The number of likely N-dealkylation sites (tertiary alicyclic amines) is 1. The molecule has 1 aromatic heterocycles. The molecule has 0 saturated carbocycles. The van der Waals surface area contributed by atoms with Gasteiger partial charge in [0.05, 0.1) is 25.0 Å². The van der Waals surface area contributed by atoms with Crippen molar-refractivity contribution in [2.45, 2.75) is 32.4 Å². The zero-order valence-corrected chi connectivity index (χ0v) is 14.7. The molecule has 25 heavy (non-hydrogen) atoms. The van der Waals surface area contributed by atoms with E-state index in [0.717, 1.165) is 36.2 Å². The van der Waals surface area contributed by atoms with E-state index in [1.54, 1.807) is 18.0 Å². The van der Waals surface area contributed by atoms with Crippen LogP contribution in [-0.4, -0.2) is 40.3 Å². The van der Waals surface area contributed by atoms with Crippen LogP contribution in [-0.2, 0) is 11.3 Å². The lowest BCUT2D eigenvalue weighted by atomic mass is 10.1. The second-order valence-corrected chi connectivity index (χ2v) is 6.33. The van der Waals surface area contributed by atoms with Gasteiger partial charge in [0.2, 0.25) is 5.91 Å². The second-order valence-electron chi connectivity index (χ2n) is 6.33. The molecule has 0 bridgehead atoms. The summed E-state index contributed by atoms with van der Waals surface area (Å²) in [4.78, 5) is 15.0. The van der Waals surface area contributed by atoms with E-state index in [1.807, 2.05) is 37.5 Å². The number of nitrogens with zero attached hydrogens (tertiary/aromatic N) is 3. The molecule has 3 rings (SSSR count). The van der Waals surface area contributed by atoms with Gasteiger partial charge in [-0.15, -0.1) is 0 Å². The lowest BCUT2D eigenvalue weighted by Gasteiger charge is -2.23. The number of methoxy groups -OCH3 is 1. The van der Waals surface area contributed by atoms with E-state index in [0.29, 0.717) is 12.3 Å². The second kappa shape index (κ2) is 7.53. The monoisotopic (exact) mass is 340 g/mol. The van der Waals surface area contributed by atoms with Crippen molar-refractivity contribution in [1.82, 2.24) is 14.7 Å². The van der Waals surface area contributed by atoms with E-state index in [4.69, 9.17) is 4.74 Å². The van der Waals surface area contributed by atoms with E-state index >= 15 is 0 Å². The van der Waals surface area contributed by atoms with Crippen molar-refractivity contribution in [3.63, 3.8) is 0 Å². The van der Waals surface area contributed by atoms with Crippen molar-refractivity contribution in [3.05, 3.63) is 48.3 Å². The number of amides is 1. The van der Waals surface area contributed by atoms with E-state index < -0.39 is 0 Å². The number of anilines is 1. The molecule has 1 aliphatic heterocycles. The first-order valence-electron chi connectivity index (χ1n) is 8.46. The highest BCUT2D eigenvalue weighted by Gasteiger charge is 2.31. The maximum atomic E-state index is 12.8. The van der Waals surface area contributed by atoms with Crippen molar-refractivity contribution >= 4 is 17.8 Å². The third-order valence-corrected chi connectivity index (χ3v) is 4.51. The summed E-state index contributed by atoms with van der Waals surface area (Å²) in [5.41, 5.74) is 2.88. The molecule has 6 nitrogen and oxygen atoms in total. The zero-order valence-electron chi connectivity index (χ0n) is 14.7. The highest BCUT2D eigenvalue weighted by Crippen LogP contribution is 2.27. The highest BCUT2D eigenvalue weighted by atomic mass is 16.5. The number of ether oxygens (including phenoxy) is 1. The standard InChI is InChI=1S/C19H24N4O2/c1-4-23-13-15(11-20-23)12-22-9-5-6-17(22)19(24)21-16-10-14(2)7-8-18(16)25-3/h4,7-8,10-11,13,17H,1,5-6,9,12H2,2-3H3,(H,21,24)/t17-/m1/s1. The van der Waals surface area contributed by atoms with Crippen LogP contribution < -0.4 is 10.1 Å². The first-order valence-corrected chi connectivity index (χ1v) is 8.46. The summed E-state index contributed by atoms with van der Waals surface area (Å²) in [5, 5.41) is 7.24. The molecule has 0 unspecified atom stereocenters. The van der Waals surface area contributed by atoms with Gasteiger partial charge in [-0.1, -0.05) is 12.6 Å². The number of rotatable bonds is 6. The van der Waals surface area contributed by atoms with Crippen molar-refractivity contribution in [1.29, 1.82) is 0 Å². The fourth-order valence-electron chi connectivity index (χ4n) is 3.24. The van der Waals surface area contributed by atoms with Gasteiger partial charge in [0.25, 0.3) is 0 Å². The Balaban J connectivity index is 1.70. The van der Waals surface area contributed by atoms with Gasteiger partial charge in [-0.3, -0.25) is 9.69 Å². The largest absolute Gasteiger partial charge is 0.495 e. The molecule has 1 N–H and O–H groups in total. The predicted octanol–water partition coefficient (Wildman–Crippen LogP) is 2.90. The van der Waals surface area contributed by atoms with Crippen LogP contribution in [0.1, 0.15) is 24.0 Å². The first-order chi connectivity index (χ1) is 12.1. The summed E-state index contributed by atoms with van der Waals surface area (Å²) >= 11 is 0. The number of carbonyl (C=O) groups excluding carboxylic acids is 1. The lowest BCUT2D eigenvalue weighted by Crippen LogP contribution is -2.39. The van der Waals surface area contributed by atoms with Gasteiger partial charge in [0.15, 0.2) is 0 Å². The zero-order chi connectivity index (χ0) is 17.8. The molecule has 132 valence electrons. The minimum atomic E-state index is -0.141. The van der Waals surface area contributed by atoms with E-state index in [-0.39, 0.29) is 11.9 Å².